The summed E-state index contributed by atoms with van der Waals surface area (Å²) in [6.07, 6.45) is 1.44. The van der Waals surface area contributed by atoms with Crippen LogP contribution in [0.2, 0.25) is 0 Å². The number of amides is 1. The molecule has 1 amide bonds. The molecule has 0 unspecified atom stereocenters. The molecule has 0 aliphatic carbocycles. The number of piperidine rings is 1. The van der Waals surface area contributed by atoms with Crippen LogP contribution in [0.5, 0.6) is 0 Å². The number of likely N-dealkylation sites (N-methyl/N-ethyl adjacent to an activating group) is 1. The summed E-state index contributed by atoms with van der Waals surface area (Å²) in [6, 6.07) is 6.18. The fourth-order valence-corrected chi connectivity index (χ4v) is 2.90. The van der Waals surface area contributed by atoms with Crippen molar-refractivity contribution >= 4 is 24.0 Å². The van der Waals surface area contributed by atoms with E-state index in [4.69, 9.17) is 4.74 Å². The zero-order valence-corrected chi connectivity index (χ0v) is 14.0. The minimum Gasteiger partial charge on any atom is -0.368 e. The Morgan fingerprint density at radius 1 is 1.19 bits per heavy atom. The van der Waals surface area contributed by atoms with Gasteiger partial charge in [0.05, 0.1) is 0 Å². The van der Waals surface area contributed by atoms with E-state index < -0.39 is 5.60 Å². The molecule has 1 fully saturated rings. The summed E-state index contributed by atoms with van der Waals surface area (Å²) >= 11 is 0. The predicted octanol–water partition coefficient (Wildman–Crippen LogP) is 2.46. The van der Waals surface area contributed by atoms with Crippen LogP contribution < -0.4 is 10.2 Å². The number of carbonyl (C=O) groups excluding carboxylic acids is 1. The van der Waals surface area contributed by atoms with Gasteiger partial charge < -0.3 is 15.0 Å². The molecular weight excluding hydrogens is 288 g/mol. The molecule has 21 heavy (non-hydrogen) atoms. The Kier molecular flexibility index (Phi) is 6.20. The van der Waals surface area contributed by atoms with Crippen molar-refractivity contribution in [2.24, 2.45) is 0 Å². The van der Waals surface area contributed by atoms with Gasteiger partial charge in [-0.3, -0.25) is 4.79 Å². The van der Waals surface area contributed by atoms with Crippen LogP contribution >= 0.6 is 12.4 Å². The largest absolute Gasteiger partial charge is 0.368 e. The van der Waals surface area contributed by atoms with Gasteiger partial charge in [0, 0.05) is 19.8 Å². The highest BCUT2D eigenvalue weighted by Crippen LogP contribution is 2.28. The Hall–Kier alpha value is -1.10. The predicted molar refractivity (Wildman–Crippen MR) is 88.4 cm³/mol. The first-order chi connectivity index (χ1) is 9.48. The number of benzene rings is 1. The molecule has 0 atom stereocenters. The standard InChI is InChI=1S/C16H24N2O2.ClH/c1-12-9-13(2)11-14(10-12)18(3)15(19)16(20-4)5-7-17-8-6-16;/h9-11,17H,5-8H2,1-4H3;1H. The average Bonchev–Trinajstić information content (AvgIpc) is 2.45. The number of nitrogens with zero attached hydrogens (tertiary/aromatic N) is 1. The van der Waals surface area contributed by atoms with Gasteiger partial charge in [-0.05, 0) is 63.0 Å². The Bertz CT molecular complexity index is 479. The molecule has 0 spiro atoms. The maximum atomic E-state index is 12.8. The van der Waals surface area contributed by atoms with Gasteiger partial charge in [0.1, 0.15) is 5.60 Å². The lowest BCUT2D eigenvalue weighted by Crippen LogP contribution is -2.54. The molecule has 5 heteroatoms. The zero-order chi connectivity index (χ0) is 14.8. The number of hydrogen-bond donors (Lipinski definition) is 1. The molecule has 0 bridgehead atoms. The topological polar surface area (TPSA) is 41.6 Å². The first kappa shape index (κ1) is 18.0. The minimum absolute atomic E-state index is 0. The van der Waals surface area contributed by atoms with Gasteiger partial charge >= 0.3 is 0 Å². The van der Waals surface area contributed by atoms with Crippen molar-refractivity contribution in [2.45, 2.75) is 32.3 Å². The lowest BCUT2D eigenvalue weighted by atomic mass is 9.90. The molecule has 1 aromatic carbocycles. The van der Waals surface area contributed by atoms with Crippen molar-refractivity contribution in [1.29, 1.82) is 0 Å². The Morgan fingerprint density at radius 3 is 2.19 bits per heavy atom. The molecule has 118 valence electrons. The van der Waals surface area contributed by atoms with E-state index >= 15 is 0 Å². The first-order valence-corrected chi connectivity index (χ1v) is 7.11. The SMILES string of the molecule is COC1(C(=O)N(C)c2cc(C)cc(C)c2)CCNCC1.Cl. The van der Waals surface area contributed by atoms with Crippen LogP contribution in [0.25, 0.3) is 0 Å². The van der Waals surface area contributed by atoms with Gasteiger partial charge in [-0.25, -0.2) is 0 Å². The highest BCUT2D eigenvalue weighted by atomic mass is 35.5. The minimum atomic E-state index is -0.683. The van der Waals surface area contributed by atoms with E-state index in [1.807, 2.05) is 33.0 Å². The highest BCUT2D eigenvalue weighted by molar-refractivity contribution is 5.99. The van der Waals surface area contributed by atoms with E-state index in [1.165, 1.54) is 0 Å². The molecular formula is C16H25ClN2O2. The molecule has 0 saturated carbocycles. The fourth-order valence-electron chi connectivity index (χ4n) is 2.90. The summed E-state index contributed by atoms with van der Waals surface area (Å²) in [5, 5.41) is 3.27. The summed E-state index contributed by atoms with van der Waals surface area (Å²) < 4.78 is 5.61. The van der Waals surface area contributed by atoms with Gasteiger partial charge in [-0.1, -0.05) is 6.07 Å². The maximum absolute atomic E-state index is 12.8. The Labute approximate surface area is 133 Å². The van der Waals surface area contributed by atoms with Crippen LogP contribution in [0.1, 0.15) is 24.0 Å². The second-order valence-corrected chi connectivity index (χ2v) is 5.66. The number of rotatable bonds is 3. The molecule has 1 heterocycles. The van der Waals surface area contributed by atoms with Gasteiger partial charge in [0.25, 0.3) is 5.91 Å². The van der Waals surface area contributed by atoms with E-state index in [1.54, 1.807) is 12.0 Å². The number of nitrogens with one attached hydrogen (secondary N) is 1. The first-order valence-electron chi connectivity index (χ1n) is 7.11. The molecule has 4 nitrogen and oxygen atoms in total. The van der Waals surface area contributed by atoms with Crippen LogP contribution in [0, 0.1) is 13.8 Å². The van der Waals surface area contributed by atoms with Crippen LogP contribution in [0.4, 0.5) is 5.69 Å². The van der Waals surface area contributed by atoms with Crippen molar-refractivity contribution in [3.63, 3.8) is 0 Å². The van der Waals surface area contributed by atoms with Crippen molar-refractivity contribution in [3.8, 4) is 0 Å². The van der Waals surface area contributed by atoms with Gasteiger partial charge in [0.15, 0.2) is 0 Å². The number of hydrogen-bond acceptors (Lipinski definition) is 3. The van der Waals surface area contributed by atoms with Gasteiger partial charge in [-0.2, -0.15) is 0 Å². The molecule has 1 aliphatic heterocycles. The number of anilines is 1. The van der Waals surface area contributed by atoms with Crippen molar-refractivity contribution in [1.82, 2.24) is 5.32 Å². The molecule has 2 rings (SSSR count). The third-order valence-corrected chi connectivity index (χ3v) is 4.09. The molecule has 0 aromatic heterocycles. The molecule has 1 saturated heterocycles. The van der Waals surface area contributed by atoms with Crippen LogP contribution in [0.3, 0.4) is 0 Å². The Balaban J connectivity index is 0.00000220. The smallest absolute Gasteiger partial charge is 0.259 e. The normalized spacial score (nSPS) is 17.0. The number of methoxy groups -OCH3 is 1. The van der Waals surface area contributed by atoms with E-state index in [-0.39, 0.29) is 18.3 Å². The van der Waals surface area contributed by atoms with Crippen LogP contribution in [-0.2, 0) is 9.53 Å². The number of ether oxygens (including phenoxy) is 1. The number of carbonyl (C=O) groups is 1. The van der Waals surface area contributed by atoms with E-state index in [0.29, 0.717) is 0 Å². The third-order valence-electron chi connectivity index (χ3n) is 4.09. The van der Waals surface area contributed by atoms with E-state index in [9.17, 15) is 4.79 Å². The molecule has 1 aliphatic rings. The summed E-state index contributed by atoms with van der Waals surface area (Å²) in [4.78, 5) is 14.6. The maximum Gasteiger partial charge on any atom is 0.259 e. The fraction of sp³-hybridized carbons (Fsp3) is 0.562. The van der Waals surface area contributed by atoms with Crippen molar-refractivity contribution in [3.05, 3.63) is 29.3 Å². The van der Waals surface area contributed by atoms with Gasteiger partial charge in [0.2, 0.25) is 0 Å². The lowest BCUT2D eigenvalue weighted by Gasteiger charge is -2.37. The molecule has 1 aromatic rings. The number of aryl methyl sites for hydroxylation is 2. The summed E-state index contributed by atoms with van der Waals surface area (Å²) in [7, 11) is 3.47. The zero-order valence-electron chi connectivity index (χ0n) is 13.2. The monoisotopic (exact) mass is 312 g/mol. The molecule has 0 radical (unpaired) electrons. The summed E-state index contributed by atoms with van der Waals surface area (Å²) in [5.41, 5.74) is 2.58. The highest BCUT2D eigenvalue weighted by Gasteiger charge is 2.41. The number of halogens is 1. The third kappa shape index (κ3) is 3.76. The Morgan fingerprint density at radius 2 is 1.71 bits per heavy atom. The van der Waals surface area contributed by atoms with Crippen LogP contribution in [0.15, 0.2) is 18.2 Å². The quantitative estimate of drug-likeness (QED) is 0.932. The molecule has 1 N–H and O–H groups in total. The van der Waals surface area contributed by atoms with Crippen LogP contribution in [-0.4, -0.2) is 38.8 Å². The van der Waals surface area contributed by atoms with Crippen molar-refractivity contribution < 1.29 is 9.53 Å². The second-order valence-electron chi connectivity index (χ2n) is 5.66. The summed E-state index contributed by atoms with van der Waals surface area (Å²) in [5.74, 6) is 0.0477. The average molecular weight is 313 g/mol. The second kappa shape index (κ2) is 7.25. The van der Waals surface area contributed by atoms with E-state index in [2.05, 4.69) is 11.4 Å². The van der Waals surface area contributed by atoms with Crippen molar-refractivity contribution in [2.75, 3.05) is 32.1 Å². The summed E-state index contributed by atoms with van der Waals surface area (Å²) in [6.45, 7) is 5.73. The lowest BCUT2D eigenvalue weighted by molar-refractivity contribution is -0.143. The van der Waals surface area contributed by atoms with E-state index in [0.717, 1.165) is 42.7 Å². The van der Waals surface area contributed by atoms with Gasteiger partial charge in [-0.15, -0.1) is 12.4 Å².